The molecule has 2 aromatic rings. The number of aryl methyl sites for hydroxylation is 2. The predicted molar refractivity (Wildman–Crippen MR) is 113 cm³/mol. The molecule has 5 heteroatoms. The third-order valence-corrected chi connectivity index (χ3v) is 5.44. The average Bonchev–Trinajstić information content (AvgIpc) is 2.91. The Morgan fingerprint density at radius 3 is 2.46 bits per heavy atom. The van der Waals surface area contributed by atoms with Crippen LogP contribution >= 0.6 is 23.4 Å². The average molecular weight is 385 g/mol. The van der Waals surface area contributed by atoms with Crippen LogP contribution in [0, 0.1) is 13.8 Å². The summed E-state index contributed by atoms with van der Waals surface area (Å²) in [4.78, 5) is 19.3. The van der Waals surface area contributed by atoms with Gasteiger partial charge in [-0.15, -0.1) is 0 Å². The van der Waals surface area contributed by atoms with Crippen LogP contribution in [0.4, 0.5) is 5.69 Å². The van der Waals surface area contributed by atoms with Crippen LogP contribution in [0.25, 0.3) is 6.08 Å². The number of amides is 1. The number of rotatable bonds is 4. The Bertz CT molecular complexity index is 887. The number of hydrogen-bond donors (Lipinski definition) is 0. The van der Waals surface area contributed by atoms with Gasteiger partial charge in [-0.3, -0.25) is 9.69 Å². The van der Waals surface area contributed by atoms with Gasteiger partial charge in [0.1, 0.15) is 5.70 Å². The number of hydrogen-bond acceptors (Lipinski definition) is 3. The minimum absolute atomic E-state index is 0.144. The first kappa shape index (κ1) is 18.7. The quantitative estimate of drug-likeness (QED) is 0.620. The van der Waals surface area contributed by atoms with Crippen molar-refractivity contribution in [2.75, 3.05) is 10.7 Å². The minimum Gasteiger partial charge on any atom is -0.266 e. The summed E-state index contributed by atoms with van der Waals surface area (Å²) in [6, 6.07) is 13.7. The zero-order chi connectivity index (χ0) is 18.7. The van der Waals surface area contributed by atoms with Crippen LogP contribution in [0.15, 0.2) is 53.2 Å². The second-order valence-electron chi connectivity index (χ2n) is 6.28. The molecule has 134 valence electrons. The van der Waals surface area contributed by atoms with Crippen molar-refractivity contribution in [2.45, 2.75) is 27.2 Å². The van der Waals surface area contributed by atoms with E-state index in [0.29, 0.717) is 21.6 Å². The van der Waals surface area contributed by atoms with Gasteiger partial charge in [0, 0.05) is 5.75 Å². The molecule has 1 heterocycles. The van der Waals surface area contributed by atoms with Gasteiger partial charge in [0.25, 0.3) is 5.91 Å². The van der Waals surface area contributed by atoms with Crippen molar-refractivity contribution < 1.29 is 4.79 Å². The van der Waals surface area contributed by atoms with Crippen LogP contribution < -0.4 is 4.90 Å². The van der Waals surface area contributed by atoms with Crippen LogP contribution in [-0.2, 0) is 4.79 Å². The van der Waals surface area contributed by atoms with Gasteiger partial charge in [0.15, 0.2) is 5.17 Å². The maximum absolute atomic E-state index is 13.1. The summed E-state index contributed by atoms with van der Waals surface area (Å²) >= 11 is 8.00. The lowest BCUT2D eigenvalue weighted by molar-refractivity contribution is -0.113. The normalized spacial score (nSPS) is 15.7. The Labute approximate surface area is 163 Å². The summed E-state index contributed by atoms with van der Waals surface area (Å²) in [6.07, 6.45) is 2.83. The van der Waals surface area contributed by atoms with E-state index in [1.807, 2.05) is 62.4 Å². The van der Waals surface area contributed by atoms with Gasteiger partial charge in [-0.1, -0.05) is 66.2 Å². The fourth-order valence-corrected chi connectivity index (χ4v) is 3.79. The van der Waals surface area contributed by atoms with Crippen LogP contribution in [0.2, 0.25) is 5.02 Å². The molecule has 0 saturated carbocycles. The van der Waals surface area contributed by atoms with E-state index in [2.05, 4.69) is 11.9 Å². The first-order valence-electron chi connectivity index (χ1n) is 8.60. The van der Waals surface area contributed by atoms with Crippen molar-refractivity contribution in [3.05, 3.63) is 69.9 Å². The Kier molecular flexibility index (Phi) is 5.84. The Morgan fingerprint density at radius 1 is 1.12 bits per heavy atom. The number of carbonyl (C=O) groups is 1. The van der Waals surface area contributed by atoms with Gasteiger partial charge in [-0.25, -0.2) is 4.99 Å². The third-order valence-electron chi connectivity index (χ3n) is 3.99. The fraction of sp³-hybridized carbons (Fsp3) is 0.238. The molecule has 0 fully saturated rings. The van der Waals surface area contributed by atoms with E-state index in [9.17, 15) is 4.79 Å². The van der Waals surface area contributed by atoms with Crippen molar-refractivity contribution in [1.82, 2.24) is 0 Å². The zero-order valence-electron chi connectivity index (χ0n) is 15.1. The number of benzene rings is 2. The van der Waals surface area contributed by atoms with Crippen molar-refractivity contribution in [1.29, 1.82) is 0 Å². The highest BCUT2D eigenvalue weighted by Gasteiger charge is 2.33. The molecule has 0 N–H and O–H groups in total. The zero-order valence-corrected chi connectivity index (χ0v) is 16.7. The first-order valence-corrected chi connectivity index (χ1v) is 9.96. The lowest BCUT2D eigenvalue weighted by Gasteiger charge is -2.19. The van der Waals surface area contributed by atoms with Crippen molar-refractivity contribution in [2.24, 2.45) is 4.99 Å². The molecule has 26 heavy (non-hydrogen) atoms. The maximum atomic E-state index is 13.1. The third kappa shape index (κ3) is 4.02. The molecule has 0 aromatic heterocycles. The highest BCUT2D eigenvalue weighted by atomic mass is 35.5. The second-order valence-corrected chi connectivity index (χ2v) is 7.75. The number of aliphatic imine (C=N–C) groups is 1. The van der Waals surface area contributed by atoms with Crippen LogP contribution in [0.5, 0.6) is 0 Å². The Hall–Kier alpha value is -2.04. The molecule has 1 aliphatic heterocycles. The van der Waals surface area contributed by atoms with Crippen molar-refractivity contribution >= 4 is 46.2 Å². The topological polar surface area (TPSA) is 32.7 Å². The highest BCUT2D eigenvalue weighted by molar-refractivity contribution is 8.14. The number of anilines is 1. The highest BCUT2D eigenvalue weighted by Crippen LogP contribution is 2.34. The van der Waals surface area contributed by atoms with E-state index in [4.69, 9.17) is 11.6 Å². The van der Waals surface area contributed by atoms with Crippen LogP contribution in [0.3, 0.4) is 0 Å². The molecular weight excluding hydrogens is 364 g/mol. The monoisotopic (exact) mass is 384 g/mol. The van der Waals surface area contributed by atoms with Crippen molar-refractivity contribution in [3.8, 4) is 0 Å². The number of halogens is 1. The van der Waals surface area contributed by atoms with Gasteiger partial charge < -0.3 is 0 Å². The largest absolute Gasteiger partial charge is 0.283 e. The Morgan fingerprint density at radius 2 is 1.81 bits per heavy atom. The predicted octanol–water partition coefficient (Wildman–Crippen LogP) is 5.84. The molecule has 0 saturated heterocycles. The van der Waals surface area contributed by atoms with E-state index in [1.165, 1.54) is 5.56 Å². The van der Waals surface area contributed by atoms with Crippen molar-refractivity contribution in [3.63, 3.8) is 0 Å². The summed E-state index contributed by atoms with van der Waals surface area (Å²) < 4.78 is 0. The molecule has 0 atom stereocenters. The number of thioether (sulfide) groups is 1. The molecule has 0 aliphatic carbocycles. The van der Waals surface area contributed by atoms with Gasteiger partial charge in [-0.2, -0.15) is 0 Å². The minimum atomic E-state index is -0.144. The molecule has 3 nitrogen and oxygen atoms in total. The smallest absolute Gasteiger partial charge is 0.266 e. The molecular formula is C21H21ClN2OS. The standard InChI is InChI=1S/C21H21ClN2OS/c1-4-11-26-21-23-18(13-16-8-5-14(2)6-9-16)20(25)24(21)19-10-7-15(3)12-17(19)22/h5-10,12-13H,4,11H2,1-3H3/b18-13+. The molecule has 1 aliphatic rings. The molecule has 1 amide bonds. The summed E-state index contributed by atoms with van der Waals surface area (Å²) in [5, 5.41) is 1.24. The molecule has 0 spiro atoms. The summed E-state index contributed by atoms with van der Waals surface area (Å²) in [5.41, 5.74) is 4.31. The lowest BCUT2D eigenvalue weighted by atomic mass is 10.1. The van der Waals surface area contributed by atoms with Gasteiger partial charge >= 0.3 is 0 Å². The van der Waals surface area contributed by atoms with E-state index in [0.717, 1.165) is 23.3 Å². The maximum Gasteiger partial charge on any atom is 0.283 e. The summed E-state index contributed by atoms with van der Waals surface area (Å²) in [6.45, 7) is 6.12. The first-order chi connectivity index (χ1) is 12.5. The molecule has 0 radical (unpaired) electrons. The summed E-state index contributed by atoms with van der Waals surface area (Å²) in [7, 11) is 0. The van der Waals surface area contributed by atoms with Gasteiger partial charge in [0.05, 0.1) is 10.7 Å². The Balaban J connectivity index is 2.00. The lowest BCUT2D eigenvalue weighted by Crippen LogP contribution is -2.30. The van der Waals surface area contributed by atoms with E-state index >= 15 is 0 Å². The van der Waals surface area contributed by atoms with E-state index in [1.54, 1.807) is 16.7 Å². The SMILES string of the molecule is CCCSC1=N/C(=C/c2ccc(C)cc2)C(=O)N1c1ccc(C)cc1Cl. The van der Waals surface area contributed by atoms with E-state index < -0.39 is 0 Å². The van der Waals surface area contributed by atoms with Crippen LogP contribution in [0.1, 0.15) is 30.0 Å². The second kappa shape index (κ2) is 8.11. The van der Waals surface area contributed by atoms with Gasteiger partial charge in [0.2, 0.25) is 0 Å². The van der Waals surface area contributed by atoms with Crippen LogP contribution in [-0.4, -0.2) is 16.8 Å². The number of carbonyl (C=O) groups excluding carboxylic acids is 1. The number of nitrogens with zero attached hydrogens (tertiary/aromatic N) is 2. The molecule has 0 unspecified atom stereocenters. The molecule has 2 aromatic carbocycles. The summed E-state index contributed by atoms with van der Waals surface area (Å²) in [5.74, 6) is 0.749. The molecule has 3 rings (SSSR count). The fourth-order valence-electron chi connectivity index (χ4n) is 2.61. The van der Waals surface area contributed by atoms with E-state index in [-0.39, 0.29) is 5.91 Å². The number of amidine groups is 1. The van der Waals surface area contributed by atoms with Gasteiger partial charge in [-0.05, 0) is 49.6 Å². The molecule has 0 bridgehead atoms.